The van der Waals surface area contributed by atoms with Crippen LogP contribution >= 0.6 is 0 Å². The van der Waals surface area contributed by atoms with Crippen LogP contribution in [0.1, 0.15) is 65.4 Å². The van der Waals surface area contributed by atoms with Crippen LogP contribution in [0.15, 0.2) is 42.5 Å². The highest BCUT2D eigenvalue weighted by Crippen LogP contribution is 2.51. The van der Waals surface area contributed by atoms with Crippen LogP contribution in [-0.2, 0) is 5.41 Å². The van der Waals surface area contributed by atoms with E-state index in [1.807, 2.05) is 18.2 Å². The average Bonchev–Trinajstić information content (AvgIpc) is 2.78. The Hall–Kier alpha value is -3.09. The number of nitrogens with zero attached hydrogens (tertiary/aromatic N) is 1. The zero-order valence-corrected chi connectivity index (χ0v) is 18.7. The van der Waals surface area contributed by atoms with Crippen molar-refractivity contribution < 1.29 is 14.5 Å². The highest BCUT2D eigenvalue weighted by molar-refractivity contribution is 5.99. The van der Waals surface area contributed by atoms with Crippen LogP contribution in [0.4, 0.5) is 21.9 Å². The summed E-state index contributed by atoms with van der Waals surface area (Å²) in [6, 6.07) is 11.2. The van der Waals surface area contributed by atoms with Crippen molar-refractivity contribution in [2.45, 2.75) is 70.8 Å². The molecule has 31 heavy (non-hydrogen) atoms. The number of carbonyl (C=O) groups excluding carboxylic acids is 1. The summed E-state index contributed by atoms with van der Waals surface area (Å²) in [7, 11) is 0. The average molecular weight is 426 g/mol. The SMILES string of the molecule is CCC1(CC)CC(CC)(CC)c2cc(NC(=O)Nc3ccc([N+](=O)[O-])cc3)ccc2O1. The molecule has 1 aliphatic heterocycles. The minimum Gasteiger partial charge on any atom is -0.487 e. The molecule has 0 radical (unpaired) electrons. The first-order valence-corrected chi connectivity index (χ1v) is 11.0. The molecular formula is C24H31N3O4. The van der Waals surface area contributed by atoms with Crippen LogP contribution in [0.25, 0.3) is 0 Å². The van der Waals surface area contributed by atoms with E-state index in [0.717, 1.165) is 43.4 Å². The fourth-order valence-electron chi connectivity index (χ4n) is 4.58. The molecule has 2 aromatic rings. The molecule has 2 aromatic carbocycles. The number of fused-ring (bicyclic) bond motifs is 1. The molecule has 3 rings (SSSR count). The zero-order valence-electron chi connectivity index (χ0n) is 18.7. The van der Waals surface area contributed by atoms with Crippen LogP contribution in [0.2, 0.25) is 0 Å². The van der Waals surface area contributed by atoms with Gasteiger partial charge in [0, 0.05) is 34.5 Å². The van der Waals surface area contributed by atoms with Gasteiger partial charge in [0.1, 0.15) is 11.4 Å². The second kappa shape index (κ2) is 8.96. The molecule has 7 heteroatoms. The molecule has 0 fully saturated rings. The lowest BCUT2D eigenvalue weighted by molar-refractivity contribution is -0.384. The maximum Gasteiger partial charge on any atom is 0.323 e. The number of urea groups is 1. The number of amides is 2. The highest BCUT2D eigenvalue weighted by Gasteiger charge is 2.46. The Kier molecular flexibility index (Phi) is 6.53. The van der Waals surface area contributed by atoms with Crippen LogP contribution < -0.4 is 15.4 Å². The van der Waals surface area contributed by atoms with Gasteiger partial charge < -0.3 is 15.4 Å². The normalized spacial score (nSPS) is 16.0. The molecule has 2 N–H and O–H groups in total. The number of nitrogens with one attached hydrogen (secondary N) is 2. The number of rotatable bonds is 7. The molecule has 7 nitrogen and oxygen atoms in total. The van der Waals surface area contributed by atoms with Gasteiger partial charge >= 0.3 is 6.03 Å². The van der Waals surface area contributed by atoms with Crippen molar-refractivity contribution in [2.24, 2.45) is 0 Å². The monoisotopic (exact) mass is 425 g/mol. The summed E-state index contributed by atoms with van der Waals surface area (Å²) in [5.74, 6) is 0.903. The second-order valence-corrected chi connectivity index (χ2v) is 8.25. The van der Waals surface area contributed by atoms with Gasteiger partial charge in [0.05, 0.1) is 4.92 Å². The number of hydrogen-bond donors (Lipinski definition) is 2. The van der Waals surface area contributed by atoms with Gasteiger partial charge in [-0.2, -0.15) is 0 Å². The minimum atomic E-state index is -0.474. The van der Waals surface area contributed by atoms with E-state index in [4.69, 9.17) is 4.74 Å². The largest absolute Gasteiger partial charge is 0.487 e. The Morgan fingerprint density at radius 2 is 1.55 bits per heavy atom. The molecule has 0 spiro atoms. The number of nitro benzene ring substituents is 1. The quantitative estimate of drug-likeness (QED) is 0.384. The number of ether oxygens (including phenoxy) is 1. The number of hydrogen-bond acceptors (Lipinski definition) is 4. The van der Waals surface area contributed by atoms with Crippen LogP contribution in [0, 0.1) is 10.1 Å². The van der Waals surface area contributed by atoms with Crippen LogP contribution in [-0.4, -0.2) is 16.6 Å². The molecule has 0 aromatic heterocycles. The first kappa shape index (κ1) is 22.6. The highest BCUT2D eigenvalue weighted by atomic mass is 16.6. The van der Waals surface area contributed by atoms with E-state index in [9.17, 15) is 14.9 Å². The fraction of sp³-hybridized carbons (Fsp3) is 0.458. The molecule has 0 bridgehead atoms. The van der Waals surface area contributed by atoms with Crippen molar-refractivity contribution in [3.63, 3.8) is 0 Å². The van der Waals surface area contributed by atoms with Crippen molar-refractivity contribution in [1.82, 2.24) is 0 Å². The van der Waals surface area contributed by atoms with Crippen molar-refractivity contribution in [3.05, 3.63) is 58.1 Å². The van der Waals surface area contributed by atoms with E-state index in [-0.39, 0.29) is 16.7 Å². The molecule has 166 valence electrons. The Bertz CT molecular complexity index is 948. The summed E-state index contributed by atoms with van der Waals surface area (Å²) in [4.78, 5) is 22.8. The molecule has 0 aliphatic carbocycles. The first-order chi connectivity index (χ1) is 14.8. The minimum absolute atomic E-state index is 0.00609. The van der Waals surface area contributed by atoms with Crippen LogP contribution in [0.3, 0.4) is 0 Å². The lowest BCUT2D eigenvalue weighted by Crippen LogP contribution is -2.47. The summed E-state index contributed by atoms with van der Waals surface area (Å²) in [5.41, 5.74) is 2.15. The predicted molar refractivity (Wildman–Crippen MR) is 123 cm³/mol. The number of nitro groups is 1. The molecule has 2 amide bonds. The molecule has 0 saturated carbocycles. The molecule has 1 aliphatic rings. The summed E-state index contributed by atoms with van der Waals surface area (Å²) in [5, 5.41) is 16.4. The lowest BCUT2D eigenvalue weighted by atomic mass is 9.65. The number of anilines is 2. The molecular weight excluding hydrogens is 394 g/mol. The topological polar surface area (TPSA) is 93.5 Å². The van der Waals surface area contributed by atoms with Gasteiger partial charge in [0.2, 0.25) is 0 Å². The van der Waals surface area contributed by atoms with E-state index in [1.165, 1.54) is 24.3 Å². The fourth-order valence-corrected chi connectivity index (χ4v) is 4.58. The third kappa shape index (κ3) is 4.50. The maximum absolute atomic E-state index is 12.5. The number of non-ortho nitro benzene ring substituents is 1. The second-order valence-electron chi connectivity index (χ2n) is 8.25. The summed E-state index contributed by atoms with van der Waals surface area (Å²) >= 11 is 0. The Balaban J connectivity index is 1.82. The lowest BCUT2D eigenvalue weighted by Gasteiger charge is -2.48. The third-order valence-electron chi connectivity index (χ3n) is 6.77. The number of benzene rings is 2. The molecule has 0 unspecified atom stereocenters. The Morgan fingerprint density at radius 3 is 2.10 bits per heavy atom. The third-order valence-corrected chi connectivity index (χ3v) is 6.77. The van der Waals surface area contributed by atoms with Crippen molar-refractivity contribution in [3.8, 4) is 5.75 Å². The van der Waals surface area contributed by atoms with Crippen molar-refractivity contribution in [2.75, 3.05) is 10.6 Å². The molecule has 1 heterocycles. The smallest absolute Gasteiger partial charge is 0.323 e. The van der Waals surface area contributed by atoms with Gasteiger partial charge in [0.25, 0.3) is 5.69 Å². The summed E-state index contributed by atoms with van der Waals surface area (Å²) in [6.07, 6.45) is 4.89. The van der Waals surface area contributed by atoms with Crippen LogP contribution in [0.5, 0.6) is 5.75 Å². The Morgan fingerprint density at radius 1 is 0.968 bits per heavy atom. The summed E-state index contributed by atoms with van der Waals surface area (Å²) in [6.45, 7) is 8.80. The standard InChI is InChI=1S/C24H31N3O4/c1-5-23(6-2)16-24(7-3,8-4)31-21-14-11-18(15-20(21)23)26-22(28)25-17-9-12-19(13-10-17)27(29)30/h9-15H,5-8,16H2,1-4H3,(H2,25,26,28). The van der Waals surface area contributed by atoms with E-state index in [1.54, 1.807) is 0 Å². The van der Waals surface area contributed by atoms with E-state index in [0.29, 0.717) is 11.4 Å². The van der Waals surface area contributed by atoms with Gasteiger partial charge in [-0.3, -0.25) is 10.1 Å². The van der Waals surface area contributed by atoms with Crippen molar-refractivity contribution in [1.29, 1.82) is 0 Å². The predicted octanol–water partition coefficient (Wildman–Crippen LogP) is 6.64. The first-order valence-electron chi connectivity index (χ1n) is 11.0. The maximum atomic E-state index is 12.5. The van der Waals surface area contributed by atoms with Gasteiger partial charge in [-0.25, -0.2) is 4.79 Å². The van der Waals surface area contributed by atoms with E-state index in [2.05, 4.69) is 38.3 Å². The number of carbonyl (C=O) groups is 1. The van der Waals surface area contributed by atoms with Gasteiger partial charge in [-0.1, -0.05) is 27.7 Å². The van der Waals surface area contributed by atoms with Gasteiger partial charge in [0.15, 0.2) is 0 Å². The zero-order chi connectivity index (χ0) is 22.6. The summed E-state index contributed by atoms with van der Waals surface area (Å²) < 4.78 is 6.48. The van der Waals surface area contributed by atoms with Crippen molar-refractivity contribution >= 4 is 23.1 Å². The van der Waals surface area contributed by atoms with E-state index < -0.39 is 11.0 Å². The van der Waals surface area contributed by atoms with Gasteiger partial charge in [-0.05, 0) is 62.4 Å². The molecule has 0 saturated heterocycles. The van der Waals surface area contributed by atoms with Gasteiger partial charge in [-0.15, -0.1) is 0 Å². The Labute approximate surface area is 183 Å². The molecule has 0 atom stereocenters. The van der Waals surface area contributed by atoms with E-state index >= 15 is 0 Å².